The number of rotatable bonds is 0. The fraction of sp³-hybridized carbons (Fsp3) is 0.125. The number of nitrogens with one attached hydrogen (secondary N) is 1. The maximum absolute atomic E-state index is 5.78. The Kier molecular flexibility index (Phi) is 1.40. The monoisotopic (exact) mass is 162 g/mol. The molecule has 0 bridgehead atoms. The summed E-state index contributed by atoms with van der Waals surface area (Å²) in [6, 6.07) is 1.85. The second-order valence-corrected chi connectivity index (χ2v) is 2.71. The molecule has 1 aliphatic heterocycles. The molecule has 0 spiro atoms. The van der Waals surface area contributed by atoms with Gasteiger partial charge in [0.2, 0.25) is 0 Å². The van der Waals surface area contributed by atoms with Gasteiger partial charge in [0, 0.05) is 11.8 Å². The van der Waals surface area contributed by atoms with Crippen molar-refractivity contribution >= 4 is 11.4 Å². The first-order chi connectivity index (χ1) is 5.79. The van der Waals surface area contributed by atoms with Crippen LogP contribution in [-0.4, -0.2) is 11.5 Å². The summed E-state index contributed by atoms with van der Waals surface area (Å²) < 4.78 is 0. The van der Waals surface area contributed by atoms with Gasteiger partial charge in [0.05, 0.1) is 29.8 Å². The maximum Gasteiger partial charge on any atom is 0.0625 e. The lowest BCUT2D eigenvalue weighted by Crippen LogP contribution is -2.22. The van der Waals surface area contributed by atoms with E-state index in [2.05, 4.69) is 10.3 Å². The summed E-state index contributed by atoms with van der Waals surface area (Å²) >= 11 is 0. The van der Waals surface area contributed by atoms with Gasteiger partial charge in [-0.05, 0) is 6.07 Å². The molecule has 0 amide bonds. The van der Waals surface area contributed by atoms with Gasteiger partial charge in [0.25, 0.3) is 0 Å². The van der Waals surface area contributed by atoms with Crippen molar-refractivity contribution in [1.29, 1.82) is 0 Å². The van der Waals surface area contributed by atoms with Crippen LogP contribution in [0.25, 0.3) is 5.70 Å². The van der Waals surface area contributed by atoms with Crippen molar-refractivity contribution in [1.82, 2.24) is 4.98 Å². The largest absolute Gasteiger partial charge is 0.399 e. The molecule has 0 saturated carbocycles. The summed E-state index contributed by atoms with van der Waals surface area (Å²) in [5.41, 5.74) is 14.7. The molecule has 2 rings (SSSR count). The fourth-order valence-electron chi connectivity index (χ4n) is 1.23. The van der Waals surface area contributed by atoms with Crippen LogP contribution in [0.2, 0.25) is 0 Å². The van der Waals surface area contributed by atoms with Gasteiger partial charge in [-0.1, -0.05) is 0 Å². The van der Waals surface area contributed by atoms with Crippen molar-refractivity contribution in [3.05, 3.63) is 29.7 Å². The Hall–Kier alpha value is -1.71. The van der Waals surface area contributed by atoms with E-state index >= 15 is 0 Å². The minimum absolute atomic E-state index is 0.602. The zero-order valence-electron chi connectivity index (χ0n) is 6.54. The number of aromatic nitrogens is 1. The number of pyridine rings is 1. The molecule has 4 nitrogen and oxygen atoms in total. The van der Waals surface area contributed by atoms with Crippen LogP contribution in [0.1, 0.15) is 5.56 Å². The Morgan fingerprint density at radius 3 is 3.08 bits per heavy atom. The van der Waals surface area contributed by atoms with Gasteiger partial charge in [-0.15, -0.1) is 0 Å². The van der Waals surface area contributed by atoms with Gasteiger partial charge in [0.1, 0.15) is 0 Å². The minimum Gasteiger partial charge on any atom is -0.399 e. The standard InChI is InChI=1S/C8H10N4/c9-6-3-12-7-4-11-2-1-5(7)8(6)10/h1-2,4,12H,3,9-10H2. The highest BCUT2D eigenvalue weighted by Gasteiger charge is 2.12. The quantitative estimate of drug-likeness (QED) is 0.505. The third-order valence-corrected chi connectivity index (χ3v) is 1.93. The molecule has 12 heavy (non-hydrogen) atoms. The molecule has 4 heteroatoms. The molecule has 0 atom stereocenters. The first kappa shape index (κ1) is 6.97. The fourth-order valence-corrected chi connectivity index (χ4v) is 1.23. The molecular formula is C8H10N4. The SMILES string of the molecule is NC1=C(N)c2ccncc2NC1. The van der Waals surface area contributed by atoms with E-state index in [1.807, 2.05) is 6.07 Å². The second-order valence-electron chi connectivity index (χ2n) is 2.71. The summed E-state index contributed by atoms with van der Waals surface area (Å²) in [5, 5.41) is 3.12. The van der Waals surface area contributed by atoms with Gasteiger partial charge in [-0.2, -0.15) is 0 Å². The predicted molar refractivity (Wildman–Crippen MR) is 48.0 cm³/mol. The minimum atomic E-state index is 0.602. The molecule has 1 aromatic heterocycles. The van der Waals surface area contributed by atoms with E-state index < -0.39 is 0 Å². The van der Waals surface area contributed by atoms with Crippen LogP contribution in [0.3, 0.4) is 0 Å². The summed E-state index contributed by atoms with van der Waals surface area (Å²) in [7, 11) is 0. The summed E-state index contributed by atoms with van der Waals surface area (Å²) in [4.78, 5) is 3.98. The van der Waals surface area contributed by atoms with E-state index in [4.69, 9.17) is 11.5 Å². The molecule has 1 aromatic rings. The van der Waals surface area contributed by atoms with Crippen LogP contribution in [0, 0.1) is 0 Å². The summed E-state index contributed by atoms with van der Waals surface area (Å²) in [6.45, 7) is 0.602. The average Bonchev–Trinajstić information content (AvgIpc) is 2.12. The van der Waals surface area contributed by atoms with E-state index in [1.165, 1.54) is 0 Å². The third kappa shape index (κ3) is 0.887. The number of hydrogen-bond donors (Lipinski definition) is 3. The third-order valence-electron chi connectivity index (χ3n) is 1.93. The number of nitrogens with zero attached hydrogens (tertiary/aromatic N) is 1. The van der Waals surface area contributed by atoms with Crippen molar-refractivity contribution in [2.75, 3.05) is 11.9 Å². The number of anilines is 1. The molecule has 1 aliphatic rings. The summed E-state index contributed by atoms with van der Waals surface area (Å²) in [5.74, 6) is 0. The van der Waals surface area contributed by atoms with Crippen LogP contribution in [0.15, 0.2) is 24.2 Å². The molecule has 0 aromatic carbocycles. The zero-order valence-corrected chi connectivity index (χ0v) is 6.54. The van der Waals surface area contributed by atoms with E-state index in [1.54, 1.807) is 12.4 Å². The molecule has 62 valence electrons. The topological polar surface area (TPSA) is 77.0 Å². The van der Waals surface area contributed by atoms with E-state index in [0.717, 1.165) is 11.3 Å². The van der Waals surface area contributed by atoms with Crippen LogP contribution in [0.5, 0.6) is 0 Å². The molecule has 2 heterocycles. The molecule has 0 unspecified atom stereocenters. The molecule has 0 fully saturated rings. The second kappa shape index (κ2) is 2.41. The maximum atomic E-state index is 5.78. The Balaban J connectivity index is 2.59. The average molecular weight is 162 g/mol. The van der Waals surface area contributed by atoms with Crippen molar-refractivity contribution in [3.8, 4) is 0 Å². The first-order valence-corrected chi connectivity index (χ1v) is 3.71. The molecule has 0 saturated heterocycles. The van der Waals surface area contributed by atoms with Crippen molar-refractivity contribution < 1.29 is 0 Å². The van der Waals surface area contributed by atoms with Crippen LogP contribution in [-0.2, 0) is 0 Å². The molecule has 0 aliphatic carbocycles. The normalized spacial score (nSPS) is 15.3. The predicted octanol–water partition coefficient (Wildman–Crippen LogP) is 0.0931. The number of nitrogens with two attached hydrogens (primary N) is 2. The highest BCUT2D eigenvalue weighted by atomic mass is 14.9. The first-order valence-electron chi connectivity index (χ1n) is 3.71. The summed E-state index contributed by atoms with van der Waals surface area (Å²) in [6.07, 6.45) is 3.45. The lowest BCUT2D eigenvalue weighted by Gasteiger charge is -2.19. The van der Waals surface area contributed by atoms with E-state index in [-0.39, 0.29) is 0 Å². The van der Waals surface area contributed by atoms with Gasteiger partial charge in [-0.3, -0.25) is 4.98 Å². The van der Waals surface area contributed by atoms with E-state index in [9.17, 15) is 0 Å². The Morgan fingerprint density at radius 1 is 1.42 bits per heavy atom. The Bertz CT molecular complexity index is 343. The van der Waals surface area contributed by atoms with Crippen LogP contribution in [0.4, 0.5) is 5.69 Å². The lowest BCUT2D eigenvalue weighted by atomic mass is 10.1. The highest BCUT2D eigenvalue weighted by molar-refractivity contribution is 5.78. The van der Waals surface area contributed by atoms with Crippen molar-refractivity contribution in [3.63, 3.8) is 0 Å². The van der Waals surface area contributed by atoms with E-state index in [0.29, 0.717) is 17.9 Å². The number of hydrogen-bond acceptors (Lipinski definition) is 4. The van der Waals surface area contributed by atoms with Crippen LogP contribution < -0.4 is 16.8 Å². The van der Waals surface area contributed by atoms with Crippen LogP contribution >= 0.6 is 0 Å². The van der Waals surface area contributed by atoms with Crippen molar-refractivity contribution in [2.24, 2.45) is 11.5 Å². The van der Waals surface area contributed by atoms with Gasteiger partial charge in [-0.25, -0.2) is 0 Å². The van der Waals surface area contributed by atoms with Gasteiger partial charge < -0.3 is 16.8 Å². The zero-order chi connectivity index (χ0) is 8.55. The molecular weight excluding hydrogens is 152 g/mol. The van der Waals surface area contributed by atoms with Crippen molar-refractivity contribution in [2.45, 2.75) is 0 Å². The Labute approximate surface area is 70.3 Å². The molecule has 5 N–H and O–H groups in total. The molecule has 0 radical (unpaired) electrons. The lowest BCUT2D eigenvalue weighted by molar-refractivity contribution is 1.11. The number of fused-ring (bicyclic) bond motifs is 1. The van der Waals surface area contributed by atoms with Gasteiger partial charge in [0.15, 0.2) is 0 Å². The highest BCUT2D eigenvalue weighted by Crippen LogP contribution is 2.23. The van der Waals surface area contributed by atoms with Gasteiger partial charge >= 0.3 is 0 Å². The Morgan fingerprint density at radius 2 is 2.25 bits per heavy atom. The smallest absolute Gasteiger partial charge is 0.0625 e.